The van der Waals surface area contributed by atoms with E-state index in [2.05, 4.69) is 34.9 Å². The Balaban J connectivity index is 1.29. The van der Waals surface area contributed by atoms with Crippen LogP contribution in [0, 0.1) is 11.8 Å². The lowest BCUT2D eigenvalue weighted by Gasteiger charge is -2.22. The summed E-state index contributed by atoms with van der Waals surface area (Å²) in [6.07, 6.45) is 1.29. The maximum Gasteiger partial charge on any atom is 0.407 e. The fourth-order valence-corrected chi connectivity index (χ4v) is 5.10. The Bertz CT molecular complexity index is 1020. The Labute approximate surface area is 199 Å². The number of amides is 2. The van der Waals surface area contributed by atoms with Gasteiger partial charge in [0.25, 0.3) is 0 Å². The number of rotatable bonds is 8. The second-order valence-electron chi connectivity index (χ2n) is 9.63. The Morgan fingerprint density at radius 3 is 2.21 bits per heavy atom. The van der Waals surface area contributed by atoms with E-state index >= 15 is 0 Å². The number of carboxylic acid groups (broad SMARTS) is 1. The minimum absolute atomic E-state index is 0.00227. The number of aliphatic carboxylic acids is 1. The van der Waals surface area contributed by atoms with Crippen LogP contribution in [0.5, 0.6) is 0 Å². The number of hydrogen-bond donors (Lipinski definition) is 3. The Hall–Kier alpha value is -3.35. The van der Waals surface area contributed by atoms with Crippen LogP contribution in [0.15, 0.2) is 48.5 Å². The fourth-order valence-electron chi connectivity index (χ4n) is 5.10. The normalized spacial score (nSPS) is 19.9. The molecule has 2 amide bonds. The van der Waals surface area contributed by atoms with E-state index in [1.54, 1.807) is 0 Å². The number of carboxylic acids is 1. The largest absolute Gasteiger partial charge is 0.481 e. The summed E-state index contributed by atoms with van der Waals surface area (Å²) in [5.41, 5.74) is 4.68. The van der Waals surface area contributed by atoms with Gasteiger partial charge in [-0.2, -0.15) is 0 Å². The van der Waals surface area contributed by atoms with Crippen molar-refractivity contribution in [3.63, 3.8) is 0 Å². The van der Waals surface area contributed by atoms with Crippen molar-refractivity contribution in [2.45, 2.75) is 57.5 Å². The van der Waals surface area contributed by atoms with Crippen molar-refractivity contribution in [1.82, 2.24) is 10.6 Å². The number of benzene rings is 2. The van der Waals surface area contributed by atoms with Gasteiger partial charge in [0, 0.05) is 23.9 Å². The molecule has 2 aliphatic rings. The van der Waals surface area contributed by atoms with Gasteiger partial charge in [0.15, 0.2) is 0 Å². The van der Waals surface area contributed by atoms with Gasteiger partial charge in [-0.1, -0.05) is 62.4 Å². The summed E-state index contributed by atoms with van der Waals surface area (Å²) in [4.78, 5) is 36.3. The van der Waals surface area contributed by atoms with Gasteiger partial charge in [0.2, 0.25) is 5.91 Å². The smallest absolute Gasteiger partial charge is 0.407 e. The highest BCUT2D eigenvalue weighted by atomic mass is 16.5. The molecule has 7 nitrogen and oxygen atoms in total. The molecule has 2 aromatic carbocycles. The van der Waals surface area contributed by atoms with Crippen molar-refractivity contribution in [2.75, 3.05) is 6.61 Å². The maximum atomic E-state index is 12.7. The van der Waals surface area contributed by atoms with Crippen molar-refractivity contribution < 1.29 is 24.2 Å². The van der Waals surface area contributed by atoms with Gasteiger partial charge in [0.05, 0.1) is 6.42 Å². The van der Waals surface area contributed by atoms with Crippen LogP contribution in [0.1, 0.15) is 56.6 Å². The van der Waals surface area contributed by atoms with E-state index in [-0.39, 0.29) is 42.7 Å². The number of ether oxygens (including phenoxy) is 1. The van der Waals surface area contributed by atoms with Gasteiger partial charge < -0.3 is 20.5 Å². The van der Waals surface area contributed by atoms with Gasteiger partial charge in [0.1, 0.15) is 6.61 Å². The highest BCUT2D eigenvalue weighted by molar-refractivity contribution is 5.81. The van der Waals surface area contributed by atoms with Crippen LogP contribution < -0.4 is 10.6 Å². The molecule has 0 heterocycles. The first-order valence-electron chi connectivity index (χ1n) is 12.0. The molecule has 0 saturated heterocycles. The number of alkyl carbamates (subject to hydrolysis) is 1. The second-order valence-corrected chi connectivity index (χ2v) is 9.63. The molecule has 0 spiro atoms. The van der Waals surface area contributed by atoms with E-state index in [1.165, 1.54) is 11.1 Å². The highest BCUT2D eigenvalue weighted by Crippen LogP contribution is 2.44. The molecule has 34 heavy (non-hydrogen) atoms. The summed E-state index contributed by atoms with van der Waals surface area (Å²) in [7, 11) is 0. The monoisotopic (exact) mass is 464 g/mol. The van der Waals surface area contributed by atoms with Gasteiger partial charge in [-0.25, -0.2) is 4.79 Å². The van der Waals surface area contributed by atoms with Gasteiger partial charge in [-0.15, -0.1) is 0 Å². The number of hydrogen-bond acceptors (Lipinski definition) is 4. The van der Waals surface area contributed by atoms with Crippen molar-refractivity contribution in [2.24, 2.45) is 11.8 Å². The molecule has 2 aliphatic carbocycles. The zero-order valence-corrected chi connectivity index (χ0v) is 19.6. The molecule has 1 saturated carbocycles. The molecule has 0 aromatic heterocycles. The molecule has 1 fully saturated rings. The predicted octanol–water partition coefficient (Wildman–Crippen LogP) is 4.31. The summed E-state index contributed by atoms with van der Waals surface area (Å²) in [6, 6.07) is 15.8. The zero-order valence-electron chi connectivity index (χ0n) is 19.6. The number of carbonyl (C=O) groups excluding carboxylic acids is 2. The molecule has 0 radical (unpaired) electrons. The van der Waals surface area contributed by atoms with Crippen LogP contribution in [-0.2, 0) is 14.3 Å². The van der Waals surface area contributed by atoms with Gasteiger partial charge in [-0.3, -0.25) is 9.59 Å². The molecule has 3 N–H and O–H groups in total. The summed E-state index contributed by atoms with van der Waals surface area (Å²) in [5, 5.41) is 14.9. The van der Waals surface area contributed by atoms with Crippen LogP contribution in [0.3, 0.4) is 0 Å². The molecule has 180 valence electrons. The van der Waals surface area contributed by atoms with Crippen molar-refractivity contribution >= 4 is 18.0 Å². The lowest BCUT2D eigenvalue weighted by molar-refractivity contribution is -0.138. The Morgan fingerprint density at radius 2 is 1.62 bits per heavy atom. The standard InChI is InChI=1S/C27H32N2O5/c1-16(2)24(14-25(30)31)29-26(32)17-11-12-18(13-17)28-27(33)34-15-23-21-9-5-3-7-19(21)20-8-4-6-10-22(20)23/h3-10,16-18,23-24H,11-15H2,1-2H3,(H,28,33)(H,29,32)(H,30,31)/t17?,18?,24-/m1/s1. The molecule has 2 unspecified atom stereocenters. The Kier molecular flexibility index (Phi) is 7.20. The SMILES string of the molecule is CC(C)[C@@H](CC(=O)O)NC(=O)C1CCC(NC(=O)OCC2c3ccccc3-c3ccccc32)C1. The molecule has 2 aromatic rings. The summed E-state index contributed by atoms with van der Waals surface area (Å²) < 4.78 is 5.62. The maximum absolute atomic E-state index is 12.7. The molecular formula is C27H32N2O5. The minimum Gasteiger partial charge on any atom is -0.481 e. The van der Waals surface area contributed by atoms with Crippen LogP contribution in [0.4, 0.5) is 4.79 Å². The summed E-state index contributed by atoms with van der Waals surface area (Å²) in [5.74, 6) is -1.29. The Morgan fingerprint density at radius 1 is 1.00 bits per heavy atom. The van der Waals surface area contributed by atoms with Crippen LogP contribution >= 0.6 is 0 Å². The third-order valence-corrected chi connectivity index (χ3v) is 7.00. The van der Waals surface area contributed by atoms with E-state index in [9.17, 15) is 14.4 Å². The van der Waals surface area contributed by atoms with Crippen molar-refractivity contribution in [3.05, 3.63) is 59.7 Å². The average Bonchev–Trinajstić information content (AvgIpc) is 3.39. The second kappa shape index (κ2) is 10.3. The molecular weight excluding hydrogens is 432 g/mol. The summed E-state index contributed by atoms with van der Waals surface area (Å²) >= 11 is 0. The number of carbonyl (C=O) groups is 3. The van der Waals surface area contributed by atoms with Crippen LogP contribution in [0.2, 0.25) is 0 Å². The van der Waals surface area contributed by atoms with Gasteiger partial charge >= 0.3 is 12.1 Å². The molecule has 3 atom stereocenters. The van der Waals surface area contributed by atoms with E-state index in [1.807, 2.05) is 38.1 Å². The van der Waals surface area contributed by atoms with Gasteiger partial charge in [-0.05, 0) is 47.4 Å². The average molecular weight is 465 g/mol. The highest BCUT2D eigenvalue weighted by Gasteiger charge is 2.33. The molecule has 0 aliphatic heterocycles. The molecule has 4 rings (SSSR count). The number of fused-ring (bicyclic) bond motifs is 3. The lowest BCUT2D eigenvalue weighted by atomic mass is 9.98. The first kappa shape index (κ1) is 23.8. The quantitative estimate of drug-likeness (QED) is 0.540. The zero-order chi connectivity index (χ0) is 24.2. The first-order valence-corrected chi connectivity index (χ1v) is 12.0. The molecule has 0 bridgehead atoms. The van der Waals surface area contributed by atoms with E-state index in [4.69, 9.17) is 9.84 Å². The lowest BCUT2D eigenvalue weighted by Crippen LogP contribution is -2.43. The van der Waals surface area contributed by atoms with E-state index < -0.39 is 18.1 Å². The first-order chi connectivity index (χ1) is 16.3. The third-order valence-electron chi connectivity index (χ3n) is 7.00. The van der Waals surface area contributed by atoms with Crippen molar-refractivity contribution in [1.29, 1.82) is 0 Å². The number of nitrogens with one attached hydrogen (secondary N) is 2. The van der Waals surface area contributed by atoms with Crippen molar-refractivity contribution in [3.8, 4) is 11.1 Å². The van der Waals surface area contributed by atoms with Crippen LogP contribution in [0.25, 0.3) is 11.1 Å². The topological polar surface area (TPSA) is 105 Å². The molecule has 7 heteroatoms. The third kappa shape index (κ3) is 5.24. The van der Waals surface area contributed by atoms with Crippen LogP contribution in [-0.4, -0.2) is 41.8 Å². The summed E-state index contributed by atoms with van der Waals surface area (Å²) in [6.45, 7) is 4.04. The minimum atomic E-state index is -0.930. The van der Waals surface area contributed by atoms with E-state index in [0.717, 1.165) is 11.1 Å². The van der Waals surface area contributed by atoms with E-state index in [0.29, 0.717) is 19.3 Å². The fraction of sp³-hybridized carbons (Fsp3) is 0.444. The predicted molar refractivity (Wildman–Crippen MR) is 128 cm³/mol.